The van der Waals surface area contributed by atoms with Crippen LogP contribution in [0.2, 0.25) is 0 Å². The lowest BCUT2D eigenvalue weighted by molar-refractivity contribution is 0.198. The normalized spacial score (nSPS) is 10.6. The second-order valence-electron chi connectivity index (χ2n) is 3.14. The Morgan fingerprint density at radius 3 is 2.87 bits per heavy atom. The number of ether oxygens (including phenoxy) is 2. The van der Waals surface area contributed by atoms with Crippen LogP contribution in [0.1, 0.15) is 12.6 Å². The van der Waals surface area contributed by atoms with E-state index in [-0.39, 0.29) is 0 Å². The largest absolute Gasteiger partial charge is 0.493 e. The Labute approximate surface area is 90.4 Å². The first-order valence-corrected chi connectivity index (χ1v) is 5.11. The van der Waals surface area contributed by atoms with Crippen molar-refractivity contribution in [3.8, 4) is 5.75 Å². The summed E-state index contributed by atoms with van der Waals surface area (Å²) in [7, 11) is 3.36. The molecule has 0 amide bonds. The maximum absolute atomic E-state index is 5.23. The van der Waals surface area contributed by atoms with E-state index < -0.39 is 0 Å². The second kappa shape index (κ2) is 6.42. The fraction of sp³-hybridized carbons (Fsp3) is 0.700. The van der Waals surface area contributed by atoms with Crippen LogP contribution in [0.3, 0.4) is 0 Å². The standard InChI is InChI=1S/C10H19N3O2/c1-4-13-9(7-11-5-6-14-2)10(15-3)8-12-13/h8,11H,4-7H2,1-3H3. The third-order valence-electron chi connectivity index (χ3n) is 2.21. The summed E-state index contributed by atoms with van der Waals surface area (Å²) < 4.78 is 12.1. The molecule has 0 unspecified atom stereocenters. The van der Waals surface area contributed by atoms with Crippen LogP contribution in [0.5, 0.6) is 5.75 Å². The van der Waals surface area contributed by atoms with E-state index in [9.17, 15) is 0 Å². The number of methoxy groups -OCH3 is 2. The first-order valence-electron chi connectivity index (χ1n) is 5.11. The molecule has 15 heavy (non-hydrogen) atoms. The first-order chi connectivity index (χ1) is 7.33. The van der Waals surface area contributed by atoms with Crippen molar-refractivity contribution in [2.45, 2.75) is 20.0 Å². The fourth-order valence-corrected chi connectivity index (χ4v) is 1.40. The lowest BCUT2D eigenvalue weighted by Crippen LogP contribution is -2.21. The summed E-state index contributed by atoms with van der Waals surface area (Å²) in [6, 6.07) is 0. The summed E-state index contributed by atoms with van der Waals surface area (Å²) >= 11 is 0. The SMILES string of the molecule is CCn1ncc(OC)c1CNCCOC. The van der Waals surface area contributed by atoms with E-state index in [1.807, 2.05) is 4.68 Å². The van der Waals surface area contributed by atoms with Gasteiger partial charge in [-0.1, -0.05) is 0 Å². The fourth-order valence-electron chi connectivity index (χ4n) is 1.40. The highest BCUT2D eigenvalue weighted by atomic mass is 16.5. The minimum Gasteiger partial charge on any atom is -0.493 e. The van der Waals surface area contributed by atoms with Gasteiger partial charge in [-0.25, -0.2) is 0 Å². The minimum atomic E-state index is 0.711. The van der Waals surface area contributed by atoms with Crippen LogP contribution in [0.4, 0.5) is 0 Å². The van der Waals surface area contributed by atoms with Gasteiger partial charge >= 0.3 is 0 Å². The Bertz CT molecular complexity index is 265. The molecular formula is C10H19N3O2. The van der Waals surface area contributed by atoms with Crippen LogP contribution in [0.15, 0.2) is 6.20 Å². The summed E-state index contributed by atoms with van der Waals surface area (Å²) in [4.78, 5) is 0. The van der Waals surface area contributed by atoms with Crippen molar-refractivity contribution in [2.24, 2.45) is 0 Å². The van der Waals surface area contributed by atoms with Gasteiger partial charge in [0.1, 0.15) is 0 Å². The summed E-state index contributed by atoms with van der Waals surface area (Å²) in [6.45, 7) is 5.20. The number of hydrogen-bond donors (Lipinski definition) is 1. The highest BCUT2D eigenvalue weighted by molar-refractivity contribution is 5.24. The number of aromatic nitrogens is 2. The molecule has 1 aromatic heterocycles. The van der Waals surface area contributed by atoms with Crippen LogP contribution < -0.4 is 10.1 Å². The van der Waals surface area contributed by atoms with Crippen molar-refractivity contribution < 1.29 is 9.47 Å². The van der Waals surface area contributed by atoms with Gasteiger partial charge in [0, 0.05) is 26.7 Å². The van der Waals surface area contributed by atoms with Crippen LogP contribution >= 0.6 is 0 Å². The Morgan fingerprint density at radius 1 is 1.47 bits per heavy atom. The van der Waals surface area contributed by atoms with Crippen LogP contribution in [0.25, 0.3) is 0 Å². The van der Waals surface area contributed by atoms with Crippen molar-refractivity contribution in [1.82, 2.24) is 15.1 Å². The molecule has 0 aliphatic heterocycles. The molecule has 0 aliphatic carbocycles. The molecule has 0 aliphatic rings. The van der Waals surface area contributed by atoms with Crippen molar-refractivity contribution >= 4 is 0 Å². The predicted molar refractivity (Wildman–Crippen MR) is 58.0 cm³/mol. The lowest BCUT2D eigenvalue weighted by atomic mass is 10.4. The van der Waals surface area contributed by atoms with Gasteiger partial charge in [-0.3, -0.25) is 4.68 Å². The Balaban J connectivity index is 2.53. The van der Waals surface area contributed by atoms with E-state index in [1.165, 1.54) is 0 Å². The van der Waals surface area contributed by atoms with Gasteiger partial charge in [-0.2, -0.15) is 5.10 Å². The molecule has 0 saturated heterocycles. The molecule has 0 fully saturated rings. The van der Waals surface area contributed by atoms with Gasteiger partial charge in [-0.15, -0.1) is 0 Å². The Hall–Kier alpha value is -1.07. The van der Waals surface area contributed by atoms with E-state index in [0.29, 0.717) is 6.61 Å². The second-order valence-corrected chi connectivity index (χ2v) is 3.14. The molecule has 5 nitrogen and oxygen atoms in total. The van der Waals surface area contributed by atoms with Crippen LogP contribution in [-0.2, 0) is 17.8 Å². The third-order valence-corrected chi connectivity index (χ3v) is 2.21. The van der Waals surface area contributed by atoms with Crippen molar-refractivity contribution in [3.05, 3.63) is 11.9 Å². The number of nitrogens with one attached hydrogen (secondary N) is 1. The smallest absolute Gasteiger partial charge is 0.161 e. The van der Waals surface area contributed by atoms with Gasteiger partial charge in [0.2, 0.25) is 0 Å². The molecule has 0 bridgehead atoms. The van der Waals surface area contributed by atoms with Crippen molar-refractivity contribution in [1.29, 1.82) is 0 Å². The van der Waals surface area contributed by atoms with Gasteiger partial charge in [0.25, 0.3) is 0 Å². The number of rotatable bonds is 7. The number of nitrogens with zero attached hydrogens (tertiary/aromatic N) is 2. The van der Waals surface area contributed by atoms with E-state index in [2.05, 4.69) is 17.3 Å². The minimum absolute atomic E-state index is 0.711. The molecule has 1 heterocycles. The molecule has 5 heteroatoms. The average molecular weight is 213 g/mol. The summed E-state index contributed by atoms with van der Waals surface area (Å²) in [5, 5.41) is 7.50. The highest BCUT2D eigenvalue weighted by Crippen LogP contribution is 2.16. The molecule has 0 atom stereocenters. The Morgan fingerprint density at radius 2 is 2.27 bits per heavy atom. The quantitative estimate of drug-likeness (QED) is 0.676. The van der Waals surface area contributed by atoms with E-state index in [4.69, 9.17) is 9.47 Å². The molecule has 0 radical (unpaired) electrons. The number of hydrogen-bond acceptors (Lipinski definition) is 4. The highest BCUT2D eigenvalue weighted by Gasteiger charge is 2.08. The lowest BCUT2D eigenvalue weighted by Gasteiger charge is -2.08. The van der Waals surface area contributed by atoms with Crippen LogP contribution in [0, 0.1) is 0 Å². The zero-order valence-corrected chi connectivity index (χ0v) is 9.62. The maximum Gasteiger partial charge on any atom is 0.161 e. The average Bonchev–Trinajstić information content (AvgIpc) is 2.66. The predicted octanol–water partition coefficient (Wildman–Crippen LogP) is 0.648. The number of aryl methyl sites for hydroxylation is 1. The van der Waals surface area contributed by atoms with Gasteiger partial charge < -0.3 is 14.8 Å². The van der Waals surface area contributed by atoms with Gasteiger partial charge in [-0.05, 0) is 6.92 Å². The zero-order chi connectivity index (χ0) is 11.1. The maximum atomic E-state index is 5.23. The molecular weight excluding hydrogens is 194 g/mol. The summed E-state index contributed by atoms with van der Waals surface area (Å²) in [5.74, 6) is 0.835. The molecule has 0 aromatic carbocycles. The summed E-state index contributed by atoms with van der Waals surface area (Å²) in [6.07, 6.45) is 1.75. The van der Waals surface area contributed by atoms with Crippen molar-refractivity contribution in [2.75, 3.05) is 27.4 Å². The summed E-state index contributed by atoms with van der Waals surface area (Å²) in [5.41, 5.74) is 1.08. The van der Waals surface area contributed by atoms with E-state index >= 15 is 0 Å². The van der Waals surface area contributed by atoms with Gasteiger partial charge in [0.15, 0.2) is 5.75 Å². The van der Waals surface area contributed by atoms with E-state index in [1.54, 1.807) is 20.4 Å². The topological polar surface area (TPSA) is 48.3 Å². The third kappa shape index (κ3) is 3.21. The molecule has 1 aromatic rings. The molecule has 86 valence electrons. The molecule has 0 saturated carbocycles. The van der Waals surface area contributed by atoms with Crippen molar-refractivity contribution in [3.63, 3.8) is 0 Å². The first kappa shape index (κ1) is 12.0. The Kier molecular flexibility index (Phi) is 5.14. The van der Waals surface area contributed by atoms with Crippen LogP contribution in [-0.4, -0.2) is 37.2 Å². The molecule has 0 spiro atoms. The van der Waals surface area contributed by atoms with E-state index in [0.717, 1.165) is 31.1 Å². The molecule has 1 rings (SSSR count). The zero-order valence-electron chi connectivity index (χ0n) is 9.62. The van der Waals surface area contributed by atoms with Gasteiger partial charge in [0.05, 0.1) is 25.6 Å². The monoisotopic (exact) mass is 213 g/mol. The molecule has 1 N–H and O–H groups in total.